The van der Waals surface area contributed by atoms with E-state index in [2.05, 4.69) is 31.3 Å². The van der Waals surface area contributed by atoms with E-state index < -0.39 is 6.10 Å². The fourth-order valence-corrected chi connectivity index (χ4v) is 2.02. The van der Waals surface area contributed by atoms with Crippen LogP contribution in [0.25, 0.3) is 0 Å². The van der Waals surface area contributed by atoms with Crippen LogP contribution in [0.2, 0.25) is 0 Å². The van der Waals surface area contributed by atoms with E-state index in [4.69, 9.17) is 9.47 Å². The number of benzene rings is 1. The highest BCUT2D eigenvalue weighted by Crippen LogP contribution is 2.22. The summed E-state index contributed by atoms with van der Waals surface area (Å²) in [5.41, 5.74) is 2.32. The number of aliphatic hydroxyl groups is 1. The fraction of sp³-hybridized carbons (Fsp3) is 0.625. The fourth-order valence-electron chi connectivity index (χ4n) is 2.02. The molecule has 0 aliphatic heterocycles. The van der Waals surface area contributed by atoms with Crippen LogP contribution >= 0.6 is 0 Å². The first-order valence-electron chi connectivity index (χ1n) is 7.31. The Morgan fingerprint density at radius 3 is 2.60 bits per heavy atom. The van der Waals surface area contributed by atoms with Gasteiger partial charge >= 0.3 is 0 Å². The number of aliphatic hydroxyl groups excluding tert-OH is 1. The molecule has 0 aliphatic rings. The van der Waals surface area contributed by atoms with Gasteiger partial charge in [0, 0.05) is 12.6 Å². The molecule has 0 bridgehead atoms. The summed E-state index contributed by atoms with van der Waals surface area (Å²) in [4.78, 5) is 0. The highest BCUT2D eigenvalue weighted by Gasteiger charge is 2.09. The third kappa shape index (κ3) is 5.49. The lowest BCUT2D eigenvalue weighted by Crippen LogP contribution is -2.23. The largest absolute Gasteiger partial charge is 0.491 e. The highest BCUT2D eigenvalue weighted by molar-refractivity contribution is 5.37. The third-order valence-corrected chi connectivity index (χ3v) is 3.15. The maximum absolute atomic E-state index is 9.69. The summed E-state index contributed by atoms with van der Waals surface area (Å²) in [5, 5.41) is 13.1. The monoisotopic (exact) mass is 281 g/mol. The molecule has 1 rings (SSSR count). The van der Waals surface area contributed by atoms with Gasteiger partial charge in [0.05, 0.1) is 6.61 Å². The second kappa shape index (κ2) is 8.95. The topological polar surface area (TPSA) is 50.7 Å². The number of ether oxygens (including phenoxy) is 2. The molecule has 2 atom stereocenters. The van der Waals surface area contributed by atoms with E-state index in [-0.39, 0.29) is 6.61 Å². The molecule has 2 unspecified atom stereocenters. The minimum atomic E-state index is -0.588. The lowest BCUT2D eigenvalue weighted by Gasteiger charge is -2.17. The van der Waals surface area contributed by atoms with Crippen LogP contribution in [0.15, 0.2) is 18.2 Å². The van der Waals surface area contributed by atoms with E-state index in [0.29, 0.717) is 19.3 Å². The smallest absolute Gasteiger partial charge is 0.122 e. The van der Waals surface area contributed by atoms with E-state index in [1.165, 1.54) is 5.56 Å². The van der Waals surface area contributed by atoms with Crippen molar-refractivity contribution in [2.45, 2.75) is 39.8 Å². The zero-order valence-electron chi connectivity index (χ0n) is 13.0. The molecule has 4 nitrogen and oxygen atoms in total. The Morgan fingerprint density at radius 2 is 2.00 bits per heavy atom. The molecule has 0 heterocycles. The molecule has 0 saturated carbocycles. The quantitative estimate of drug-likeness (QED) is 0.730. The van der Waals surface area contributed by atoms with Crippen molar-refractivity contribution in [1.29, 1.82) is 0 Å². The van der Waals surface area contributed by atoms with Crippen molar-refractivity contribution in [1.82, 2.24) is 5.32 Å². The number of nitrogens with one attached hydrogen (secondary N) is 1. The van der Waals surface area contributed by atoms with Crippen molar-refractivity contribution < 1.29 is 14.6 Å². The second-order valence-electron chi connectivity index (χ2n) is 4.93. The first-order chi connectivity index (χ1) is 9.58. The first kappa shape index (κ1) is 17.0. The van der Waals surface area contributed by atoms with Crippen molar-refractivity contribution >= 4 is 0 Å². The molecule has 1 aromatic rings. The van der Waals surface area contributed by atoms with Gasteiger partial charge in [-0.15, -0.1) is 0 Å². The molecule has 114 valence electrons. The molecule has 0 aromatic heterocycles. The molecule has 0 radical (unpaired) electrons. The van der Waals surface area contributed by atoms with Crippen molar-refractivity contribution in [3.63, 3.8) is 0 Å². The second-order valence-corrected chi connectivity index (χ2v) is 4.93. The summed E-state index contributed by atoms with van der Waals surface area (Å²) >= 11 is 0. The lowest BCUT2D eigenvalue weighted by atomic mass is 10.1. The molecule has 0 saturated heterocycles. The summed E-state index contributed by atoms with van der Waals surface area (Å²) < 4.78 is 10.8. The zero-order chi connectivity index (χ0) is 15.0. The minimum Gasteiger partial charge on any atom is -0.491 e. The van der Waals surface area contributed by atoms with Gasteiger partial charge in [-0.3, -0.25) is 0 Å². The molecule has 0 spiro atoms. The Morgan fingerprint density at radius 1 is 1.25 bits per heavy atom. The predicted molar refractivity (Wildman–Crippen MR) is 81.3 cm³/mol. The summed E-state index contributed by atoms with van der Waals surface area (Å²) in [6, 6.07) is 6.48. The van der Waals surface area contributed by atoms with Crippen LogP contribution < -0.4 is 10.1 Å². The van der Waals surface area contributed by atoms with Crippen LogP contribution in [0.5, 0.6) is 5.75 Å². The number of hydrogen-bond acceptors (Lipinski definition) is 4. The summed E-state index contributed by atoms with van der Waals surface area (Å²) in [7, 11) is 0. The van der Waals surface area contributed by atoms with Gasteiger partial charge in [0.1, 0.15) is 18.5 Å². The van der Waals surface area contributed by atoms with E-state index in [9.17, 15) is 5.11 Å². The molecular weight excluding hydrogens is 254 g/mol. The van der Waals surface area contributed by atoms with Crippen LogP contribution in [0.1, 0.15) is 37.9 Å². The van der Waals surface area contributed by atoms with Crippen molar-refractivity contribution in [3.05, 3.63) is 29.3 Å². The van der Waals surface area contributed by atoms with Gasteiger partial charge in [-0.1, -0.05) is 19.1 Å². The number of hydrogen-bond donors (Lipinski definition) is 2. The average molecular weight is 281 g/mol. The zero-order valence-corrected chi connectivity index (χ0v) is 13.0. The van der Waals surface area contributed by atoms with Crippen molar-refractivity contribution in [2.24, 2.45) is 0 Å². The Balaban J connectivity index is 2.55. The maximum Gasteiger partial charge on any atom is 0.122 e. The maximum atomic E-state index is 9.69. The van der Waals surface area contributed by atoms with Gasteiger partial charge in [-0.25, -0.2) is 0 Å². The molecule has 2 N–H and O–H groups in total. The Bertz CT molecular complexity index is 395. The van der Waals surface area contributed by atoms with Crippen molar-refractivity contribution in [2.75, 3.05) is 26.4 Å². The van der Waals surface area contributed by atoms with Gasteiger partial charge in [-0.2, -0.15) is 0 Å². The molecule has 0 fully saturated rings. The number of aryl methyl sites for hydroxylation is 1. The first-order valence-corrected chi connectivity index (χ1v) is 7.31. The Hall–Kier alpha value is -1.10. The Labute approximate surface area is 122 Å². The van der Waals surface area contributed by atoms with Gasteiger partial charge in [0.25, 0.3) is 0 Å². The molecule has 0 amide bonds. The van der Waals surface area contributed by atoms with Gasteiger partial charge in [-0.05, 0) is 44.5 Å². The number of rotatable bonds is 9. The third-order valence-electron chi connectivity index (χ3n) is 3.15. The lowest BCUT2D eigenvalue weighted by molar-refractivity contribution is 0.0163. The predicted octanol–water partition coefficient (Wildman–Crippen LogP) is 2.44. The normalized spacial score (nSPS) is 14.1. The van der Waals surface area contributed by atoms with Crippen molar-refractivity contribution in [3.8, 4) is 5.75 Å². The molecule has 20 heavy (non-hydrogen) atoms. The minimum absolute atomic E-state index is 0.253. The van der Waals surface area contributed by atoms with E-state index in [1.54, 1.807) is 0 Å². The molecule has 4 heteroatoms. The van der Waals surface area contributed by atoms with Crippen LogP contribution in [-0.4, -0.2) is 37.6 Å². The van der Waals surface area contributed by atoms with Crippen LogP contribution in [0.4, 0.5) is 0 Å². The summed E-state index contributed by atoms with van der Waals surface area (Å²) in [5.74, 6) is 0.813. The Kier molecular flexibility index (Phi) is 7.59. The molecular formula is C16H27NO3. The van der Waals surface area contributed by atoms with Gasteiger partial charge in [0.2, 0.25) is 0 Å². The van der Waals surface area contributed by atoms with E-state index in [1.807, 2.05) is 19.9 Å². The van der Waals surface area contributed by atoms with Crippen LogP contribution in [0.3, 0.4) is 0 Å². The van der Waals surface area contributed by atoms with Gasteiger partial charge < -0.3 is 19.9 Å². The molecule has 1 aromatic carbocycles. The highest BCUT2D eigenvalue weighted by atomic mass is 16.5. The molecule has 0 aliphatic carbocycles. The summed E-state index contributed by atoms with van der Waals surface area (Å²) in [6.07, 6.45) is -0.588. The average Bonchev–Trinajstić information content (AvgIpc) is 2.43. The SMILES string of the molecule is CCNC(C)c1ccc(OCC(O)COCC)c(C)c1. The standard InChI is InChI=1S/C16H27NO3/c1-5-17-13(4)14-7-8-16(12(3)9-14)20-11-15(18)10-19-6-2/h7-9,13,15,17-18H,5-6,10-11H2,1-4H3. The van der Waals surface area contributed by atoms with Crippen LogP contribution in [0, 0.1) is 6.92 Å². The van der Waals surface area contributed by atoms with E-state index in [0.717, 1.165) is 17.9 Å². The van der Waals surface area contributed by atoms with Gasteiger partial charge in [0.15, 0.2) is 0 Å². The summed E-state index contributed by atoms with van der Waals surface area (Å²) in [6.45, 7) is 10.3. The van der Waals surface area contributed by atoms with E-state index >= 15 is 0 Å². The van der Waals surface area contributed by atoms with Crippen LogP contribution in [-0.2, 0) is 4.74 Å².